The Labute approximate surface area is 227 Å². The normalized spacial score (nSPS) is 11.3. The van der Waals surface area contributed by atoms with Crippen molar-refractivity contribution >= 4 is 23.3 Å². The number of nitrogen functional groups attached to an aromatic ring is 1. The van der Waals surface area contributed by atoms with E-state index in [0.717, 1.165) is 0 Å². The van der Waals surface area contributed by atoms with E-state index < -0.39 is 17.9 Å². The van der Waals surface area contributed by atoms with Crippen molar-refractivity contribution in [1.82, 2.24) is 15.8 Å². The second-order valence-corrected chi connectivity index (χ2v) is 8.79. The lowest BCUT2D eigenvalue weighted by Gasteiger charge is -2.22. The van der Waals surface area contributed by atoms with Crippen LogP contribution in [0, 0.1) is 12.3 Å². The average Bonchev–Trinajstić information content (AvgIpc) is 2.91. The number of nitrogens with one attached hydrogen (secondary N) is 4. The fourth-order valence-corrected chi connectivity index (χ4v) is 3.78. The van der Waals surface area contributed by atoms with Gasteiger partial charge in [0.15, 0.2) is 11.5 Å². The minimum Gasteiger partial charge on any atom is -0.496 e. The van der Waals surface area contributed by atoms with E-state index in [0.29, 0.717) is 46.4 Å². The van der Waals surface area contributed by atoms with E-state index >= 15 is 0 Å². The number of nitrogens with zero attached hydrogens (tertiary/aromatic N) is 1. The summed E-state index contributed by atoms with van der Waals surface area (Å²) in [7, 11) is 1.45. The average molecular weight is 535 g/mol. The molecular formula is C28H34N6O5. The molecular weight excluding hydrogens is 500 g/mol. The number of carbonyl (C=O) groups excluding carboxylic acids is 2. The van der Waals surface area contributed by atoms with Gasteiger partial charge in [-0.2, -0.15) is 0 Å². The molecule has 2 amide bonds. The molecule has 2 aromatic carbocycles. The van der Waals surface area contributed by atoms with Crippen molar-refractivity contribution in [2.75, 3.05) is 19.0 Å². The number of amides is 2. The lowest BCUT2D eigenvalue weighted by molar-refractivity contribution is -0.122. The Morgan fingerprint density at radius 1 is 1.03 bits per heavy atom. The van der Waals surface area contributed by atoms with Gasteiger partial charge in [0.25, 0.3) is 11.8 Å². The third-order valence-electron chi connectivity index (χ3n) is 5.58. The lowest BCUT2D eigenvalue weighted by Crippen LogP contribution is -2.45. The summed E-state index contributed by atoms with van der Waals surface area (Å²) in [5, 5.41) is 10.8. The van der Waals surface area contributed by atoms with E-state index in [9.17, 15) is 9.59 Å². The summed E-state index contributed by atoms with van der Waals surface area (Å²) < 4.78 is 16.9. The van der Waals surface area contributed by atoms with Crippen LogP contribution in [0.15, 0.2) is 54.7 Å². The van der Waals surface area contributed by atoms with Crippen LogP contribution in [0.1, 0.15) is 54.0 Å². The molecule has 1 unspecified atom stereocenters. The number of aromatic nitrogens is 1. The Kier molecular flexibility index (Phi) is 9.69. The fraction of sp³-hybridized carbons (Fsp3) is 0.286. The highest BCUT2D eigenvalue weighted by molar-refractivity contribution is 5.99. The van der Waals surface area contributed by atoms with Gasteiger partial charge in [-0.15, -0.1) is 0 Å². The van der Waals surface area contributed by atoms with Gasteiger partial charge in [0.1, 0.15) is 23.2 Å². The SMILES string of the molecule is CCOc1cc(C(Nc2ccc(C(=N)N)cc2)C(=O)NNC(=O)c2c(OC)ccnc2C)ccc1OC(C)C. The highest BCUT2D eigenvalue weighted by atomic mass is 16.5. The third-order valence-corrected chi connectivity index (χ3v) is 5.58. The largest absolute Gasteiger partial charge is 0.496 e. The summed E-state index contributed by atoms with van der Waals surface area (Å²) in [5.41, 5.74) is 12.9. The first kappa shape index (κ1) is 28.8. The molecule has 0 aliphatic carbocycles. The molecule has 1 heterocycles. The number of nitrogens with two attached hydrogens (primary N) is 1. The molecule has 1 aromatic heterocycles. The van der Waals surface area contributed by atoms with Crippen LogP contribution in [0.5, 0.6) is 17.2 Å². The highest BCUT2D eigenvalue weighted by Crippen LogP contribution is 2.33. The molecule has 3 aromatic rings. The van der Waals surface area contributed by atoms with E-state index in [2.05, 4.69) is 21.2 Å². The predicted octanol–water partition coefficient (Wildman–Crippen LogP) is 3.48. The minimum absolute atomic E-state index is 0.0678. The zero-order valence-corrected chi connectivity index (χ0v) is 22.6. The van der Waals surface area contributed by atoms with Crippen molar-refractivity contribution in [1.29, 1.82) is 5.41 Å². The summed E-state index contributed by atoms with van der Waals surface area (Å²) in [6.45, 7) is 7.75. The molecule has 0 spiro atoms. The maximum absolute atomic E-state index is 13.5. The number of hydrogen-bond acceptors (Lipinski definition) is 8. The Balaban J connectivity index is 1.91. The topological polar surface area (TPSA) is 161 Å². The summed E-state index contributed by atoms with van der Waals surface area (Å²) >= 11 is 0. The number of rotatable bonds is 11. The first-order valence-electron chi connectivity index (χ1n) is 12.4. The Hall–Kier alpha value is -4.80. The van der Waals surface area contributed by atoms with Gasteiger partial charge in [0, 0.05) is 17.4 Å². The van der Waals surface area contributed by atoms with Crippen LogP contribution in [0.2, 0.25) is 0 Å². The molecule has 1 atom stereocenters. The molecule has 0 bridgehead atoms. The van der Waals surface area contributed by atoms with E-state index in [1.165, 1.54) is 13.3 Å². The molecule has 3 rings (SSSR count). The van der Waals surface area contributed by atoms with Crippen LogP contribution in [-0.4, -0.2) is 42.5 Å². The lowest BCUT2D eigenvalue weighted by atomic mass is 10.0. The molecule has 0 radical (unpaired) electrons. The van der Waals surface area contributed by atoms with E-state index in [-0.39, 0.29) is 17.5 Å². The van der Waals surface area contributed by atoms with Crippen molar-refractivity contribution in [3.05, 3.63) is 77.1 Å². The van der Waals surface area contributed by atoms with Crippen LogP contribution in [0.4, 0.5) is 5.69 Å². The molecule has 0 fully saturated rings. The van der Waals surface area contributed by atoms with Crippen molar-refractivity contribution in [2.45, 2.75) is 39.8 Å². The van der Waals surface area contributed by atoms with Gasteiger partial charge < -0.3 is 25.3 Å². The maximum atomic E-state index is 13.5. The number of methoxy groups -OCH3 is 1. The molecule has 11 nitrogen and oxygen atoms in total. The number of ether oxygens (including phenoxy) is 3. The van der Waals surface area contributed by atoms with Crippen LogP contribution in [0.25, 0.3) is 0 Å². The summed E-state index contributed by atoms with van der Waals surface area (Å²) in [6, 6.07) is 12.6. The number of aryl methyl sites for hydroxylation is 1. The third kappa shape index (κ3) is 7.37. The van der Waals surface area contributed by atoms with Gasteiger partial charge in [0.2, 0.25) is 0 Å². The molecule has 0 saturated carbocycles. The second kappa shape index (κ2) is 13.1. The first-order valence-corrected chi connectivity index (χ1v) is 12.4. The Morgan fingerprint density at radius 2 is 1.74 bits per heavy atom. The molecule has 0 aliphatic rings. The summed E-state index contributed by atoms with van der Waals surface area (Å²) in [5.74, 6) is 0.173. The van der Waals surface area contributed by atoms with Gasteiger partial charge >= 0.3 is 0 Å². The number of hydrazine groups is 1. The van der Waals surface area contributed by atoms with Crippen molar-refractivity contribution in [3.8, 4) is 17.2 Å². The van der Waals surface area contributed by atoms with Crippen molar-refractivity contribution in [3.63, 3.8) is 0 Å². The second-order valence-electron chi connectivity index (χ2n) is 8.79. The molecule has 206 valence electrons. The zero-order chi connectivity index (χ0) is 28.5. The van der Waals surface area contributed by atoms with Crippen LogP contribution in [-0.2, 0) is 4.79 Å². The summed E-state index contributed by atoms with van der Waals surface area (Å²) in [6.07, 6.45) is 1.46. The zero-order valence-electron chi connectivity index (χ0n) is 22.6. The monoisotopic (exact) mass is 534 g/mol. The minimum atomic E-state index is -0.947. The number of amidine groups is 1. The first-order chi connectivity index (χ1) is 18.6. The van der Waals surface area contributed by atoms with E-state index in [1.54, 1.807) is 55.5 Å². The van der Waals surface area contributed by atoms with E-state index in [1.807, 2.05) is 20.8 Å². The molecule has 0 saturated heterocycles. The Bertz CT molecular complexity index is 1330. The van der Waals surface area contributed by atoms with Gasteiger partial charge in [-0.05, 0) is 75.7 Å². The number of carbonyl (C=O) groups is 2. The molecule has 39 heavy (non-hydrogen) atoms. The van der Waals surface area contributed by atoms with E-state index in [4.69, 9.17) is 25.4 Å². The fourth-order valence-electron chi connectivity index (χ4n) is 3.78. The molecule has 0 aliphatic heterocycles. The Morgan fingerprint density at radius 3 is 2.36 bits per heavy atom. The maximum Gasteiger partial charge on any atom is 0.275 e. The van der Waals surface area contributed by atoms with Crippen molar-refractivity contribution in [2.24, 2.45) is 5.73 Å². The smallest absolute Gasteiger partial charge is 0.275 e. The molecule has 6 N–H and O–H groups in total. The standard InChI is InChI=1S/C28H34N6O5/c1-6-38-23-15-19(9-12-21(23)39-16(2)3)25(32-20-10-7-18(8-11-20)26(29)30)28(36)34-33-27(35)24-17(4)31-14-13-22(24)37-5/h7-16,25,32H,6H2,1-5H3,(H3,29,30)(H,33,35)(H,34,36). The molecule has 11 heteroatoms. The number of benzene rings is 2. The number of hydrogen-bond donors (Lipinski definition) is 5. The van der Waals surface area contributed by atoms with Gasteiger partial charge in [-0.3, -0.25) is 30.8 Å². The van der Waals surface area contributed by atoms with Crippen LogP contribution >= 0.6 is 0 Å². The van der Waals surface area contributed by atoms with Gasteiger partial charge in [-0.25, -0.2) is 0 Å². The van der Waals surface area contributed by atoms with Crippen LogP contribution in [0.3, 0.4) is 0 Å². The van der Waals surface area contributed by atoms with Gasteiger partial charge in [0.05, 0.1) is 25.5 Å². The summed E-state index contributed by atoms with van der Waals surface area (Å²) in [4.78, 5) is 30.5. The quantitative estimate of drug-likeness (QED) is 0.142. The van der Waals surface area contributed by atoms with Crippen LogP contribution < -0.4 is 36.1 Å². The highest BCUT2D eigenvalue weighted by Gasteiger charge is 2.24. The predicted molar refractivity (Wildman–Crippen MR) is 148 cm³/mol. The number of pyridine rings is 1. The van der Waals surface area contributed by atoms with Crippen molar-refractivity contribution < 1.29 is 23.8 Å². The number of anilines is 1. The van der Waals surface area contributed by atoms with Gasteiger partial charge in [-0.1, -0.05) is 6.07 Å².